The van der Waals surface area contributed by atoms with Gasteiger partial charge >= 0.3 is 0 Å². The fraction of sp³-hybridized carbons (Fsp3) is 0.214. The quantitative estimate of drug-likeness (QED) is 0.894. The lowest BCUT2D eigenvalue weighted by atomic mass is 10.1. The number of nitrogens with zero attached hydrogens (tertiary/aromatic N) is 3. The summed E-state index contributed by atoms with van der Waals surface area (Å²) >= 11 is 0. The smallest absolute Gasteiger partial charge is 0.160 e. The normalized spacial score (nSPS) is 12.5. The van der Waals surface area contributed by atoms with Gasteiger partial charge in [0.25, 0.3) is 0 Å². The van der Waals surface area contributed by atoms with Crippen LogP contribution in [0, 0.1) is 6.92 Å². The Morgan fingerprint density at radius 2 is 2.22 bits per heavy atom. The van der Waals surface area contributed by atoms with Gasteiger partial charge in [0.05, 0.1) is 0 Å². The fourth-order valence-corrected chi connectivity index (χ4v) is 2.09. The van der Waals surface area contributed by atoms with Crippen LogP contribution in [0.4, 0.5) is 11.6 Å². The summed E-state index contributed by atoms with van der Waals surface area (Å²) in [5.74, 6) is 1.68. The fourth-order valence-electron chi connectivity index (χ4n) is 2.09. The average molecular weight is 238 g/mol. The summed E-state index contributed by atoms with van der Waals surface area (Å²) in [4.78, 5) is 12.6. The first-order valence-corrected chi connectivity index (χ1v) is 5.99. The van der Waals surface area contributed by atoms with Crippen molar-refractivity contribution in [1.29, 1.82) is 0 Å². The highest BCUT2D eigenvalue weighted by Crippen LogP contribution is 2.26. The third-order valence-electron chi connectivity index (χ3n) is 2.97. The lowest BCUT2D eigenvalue weighted by molar-refractivity contribution is 1.06. The van der Waals surface area contributed by atoms with Crippen molar-refractivity contribution in [2.45, 2.75) is 19.9 Å². The highest BCUT2D eigenvalue weighted by molar-refractivity contribution is 5.77. The summed E-state index contributed by atoms with van der Waals surface area (Å²) in [5, 5.41) is 3.36. The second kappa shape index (κ2) is 4.56. The minimum atomic E-state index is 0.769. The molecule has 1 aliphatic heterocycles. The molecular formula is C14H14N4. The van der Waals surface area contributed by atoms with E-state index in [0.29, 0.717) is 0 Å². The minimum absolute atomic E-state index is 0.769. The molecule has 0 saturated heterocycles. The van der Waals surface area contributed by atoms with Crippen molar-refractivity contribution in [2.75, 3.05) is 5.32 Å². The summed E-state index contributed by atoms with van der Waals surface area (Å²) in [6.45, 7) is 2.87. The van der Waals surface area contributed by atoms with Crippen LogP contribution in [0.1, 0.15) is 16.7 Å². The summed E-state index contributed by atoms with van der Waals surface area (Å²) < 4.78 is 0. The molecule has 4 nitrogen and oxygen atoms in total. The van der Waals surface area contributed by atoms with E-state index in [9.17, 15) is 0 Å². The Hall–Kier alpha value is -2.23. The zero-order valence-electron chi connectivity index (χ0n) is 10.2. The molecule has 0 spiro atoms. The lowest BCUT2D eigenvalue weighted by Gasteiger charge is -2.09. The molecule has 0 aliphatic carbocycles. The van der Waals surface area contributed by atoms with Gasteiger partial charge in [-0.25, -0.2) is 15.0 Å². The molecule has 18 heavy (non-hydrogen) atoms. The summed E-state index contributed by atoms with van der Waals surface area (Å²) in [5.41, 5.74) is 3.61. The number of benzene rings is 1. The van der Waals surface area contributed by atoms with Gasteiger partial charge in [-0.1, -0.05) is 29.8 Å². The molecule has 1 N–H and O–H groups in total. The molecule has 0 amide bonds. The number of aryl methyl sites for hydroxylation is 1. The van der Waals surface area contributed by atoms with E-state index in [1.807, 2.05) is 6.21 Å². The molecule has 1 aromatic carbocycles. The molecule has 0 radical (unpaired) electrons. The van der Waals surface area contributed by atoms with E-state index < -0.39 is 0 Å². The Labute approximate surface area is 106 Å². The largest absolute Gasteiger partial charge is 0.366 e. The molecule has 2 heterocycles. The predicted octanol–water partition coefficient (Wildman–Crippen LogP) is 2.66. The first kappa shape index (κ1) is 10.9. The highest BCUT2D eigenvalue weighted by atomic mass is 15.1. The number of fused-ring (bicyclic) bond motifs is 1. The van der Waals surface area contributed by atoms with Crippen LogP contribution >= 0.6 is 0 Å². The van der Waals surface area contributed by atoms with Crippen molar-refractivity contribution >= 4 is 17.9 Å². The number of aliphatic imine (C=N–C) groups is 1. The number of nitrogens with one attached hydrogen (secondary N) is 1. The van der Waals surface area contributed by atoms with E-state index in [1.165, 1.54) is 11.1 Å². The van der Waals surface area contributed by atoms with E-state index in [2.05, 4.69) is 51.5 Å². The molecule has 2 aromatic rings. The highest BCUT2D eigenvalue weighted by Gasteiger charge is 2.13. The van der Waals surface area contributed by atoms with E-state index in [4.69, 9.17) is 0 Å². The predicted molar refractivity (Wildman–Crippen MR) is 72.4 cm³/mol. The SMILES string of the molecule is Cc1cccc(CNc2ncnc3c2CC=N3)c1. The van der Waals surface area contributed by atoms with Gasteiger partial charge in [-0.05, 0) is 12.5 Å². The van der Waals surface area contributed by atoms with Gasteiger partial charge in [0.2, 0.25) is 0 Å². The number of aromatic nitrogens is 2. The Morgan fingerprint density at radius 1 is 1.28 bits per heavy atom. The summed E-state index contributed by atoms with van der Waals surface area (Å²) in [6, 6.07) is 8.45. The Balaban J connectivity index is 1.77. The minimum Gasteiger partial charge on any atom is -0.366 e. The molecule has 1 aromatic heterocycles. The van der Waals surface area contributed by atoms with Crippen LogP contribution in [0.3, 0.4) is 0 Å². The molecule has 0 atom stereocenters. The van der Waals surface area contributed by atoms with Crippen LogP contribution < -0.4 is 5.32 Å². The second-order valence-electron chi connectivity index (χ2n) is 4.38. The van der Waals surface area contributed by atoms with Crippen molar-refractivity contribution in [3.05, 3.63) is 47.3 Å². The Morgan fingerprint density at radius 3 is 3.11 bits per heavy atom. The van der Waals surface area contributed by atoms with Crippen molar-refractivity contribution in [3.63, 3.8) is 0 Å². The lowest BCUT2D eigenvalue weighted by Crippen LogP contribution is -2.04. The molecule has 90 valence electrons. The molecule has 1 aliphatic rings. The molecule has 0 fully saturated rings. The van der Waals surface area contributed by atoms with Crippen LogP contribution in [-0.4, -0.2) is 16.2 Å². The van der Waals surface area contributed by atoms with E-state index in [1.54, 1.807) is 6.33 Å². The number of anilines is 1. The van der Waals surface area contributed by atoms with Gasteiger partial charge in [0.15, 0.2) is 5.82 Å². The van der Waals surface area contributed by atoms with Crippen molar-refractivity contribution < 1.29 is 0 Å². The number of hydrogen-bond donors (Lipinski definition) is 1. The maximum Gasteiger partial charge on any atom is 0.160 e. The first-order valence-electron chi connectivity index (χ1n) is 5.99. The molecule has 4 heteroatoms. The topological polar surface area (TPSA) is 50.2 Å². The van der Waals surface area contributed by atoms with Crippen molar-refractivity contribution in [1.82, 2.24) is 9.97 Å². The van der Waals surface area contributed by atoms with Gasteiger partial charge in [-0.3, -0.25) is 0 Å². The van der Waals surface area contributed by atoms with Gasteiger partial charge in [0, 0.05) is 24.7 Å². The van der Waals surface area contributed by atoms with Crippen LogP contribution in [0.15, 0.2) is 35.6 Å². The summed E-state index contributed by atoms with van der Waals surface area (Å²) in [6.07, 6.45) is 4.24. The van der Waals surface area contributed by atoms with E-state index >= 15 is 0 Å². The van der Waals surface area contributed by atoms with Crippen LogP contribution in [0.25, 0.3) is 0 Å². The zero-order chi connectivity index (χ0) is 12.4. The standard InChI is InChI=1S/C14H14N4/c1-10-3-2-4-11(7-10)8-16-14-12-5-6-15-13(12)17-9-18-14/h2-4,6-7,9H,5,8H2,1H3,(H,16,17,18). The number of hydrogen-bond acceptors (Lipinski definition) is 4. The molecular weight excluding hydrogens is 224 g/mol. The van der Waals surface area contributed by atoms with Gasteiger partial charge in [0.1, 0.15) is 12.1 Å². The maximum absolute atomic E-state index is 4.29. The average Bonchev–Trinajstić information content (AvgIpc) is 2.85. The van der Waals surface area contributed by atoms with Gasteiger partial charge in [-0.2, -0.15) is 0 Å². The molecule has 0 saturated carbocycles. The molecule has 3 rings (SSSR count). The van der Waals surface area contributed by atoms with Crippen LogP contribution in [-0.2, 0) is 13.0 Å². The summed E-state index contributed by atoms with van der Waals surface area (Å²) in [7, 11) is 0. The third kappa shape index (κ3) is 2.09. The maximum atomic E-state index is 4.29. The van der Waals surface area contributed by atoms with Crippen LogP contribution in [0.5, 0.6) is 0 Å². The van der Waals surface area contributed by atoms with Crippen molar-refractivity contribution in [3.8, 4) is 0 Å². The Bertz CT molecular complexity index is 604. The number of rotatable bonds is 3. The van der Waals surface area contributed by atoms with Crippen LogP contribution in [0.2, 0.25) is 0 Å². The van der Waals surface area contributed by atoms with Gasteiger partial charge < -0.3 is 5.32 Å². The van der Waals surface area contributed by atoms with Crippen molar-refractivity contribution in [2.24, 2.45) is 4.99 Å². The Kier molecular flexibility index (Phi) is 2.76. The monoisotopic (exact) mass is 238 g/mol. The third-order valence-corrected chi connectivity index (χ3v) is 2.97. The second-order valence-corrected chi connectivity index (χ2v) is 4.38. The molecule has 0 bridgehead atoms. The first-order chi connectivity index (χ1) is 8.83. The van der Waals surface area contributed by atoms with E-state index in [0.717, 1.165) is 30.2 Å². The van der Waals surface area contributed by atoms with Gasteiger partial charge in [-0.15, -0.1) is 0 Å². The zero-order valence-corrected chi connectivity index (χ0v) is 10.2. The van der Waals surface area contributed by atoms with E-state index in [-0.39, 0.29) is 0 Å². The molecule has 0 unspecified atom stereocenters.